The van der Waals surface area contributed by atoms with Crippen molar-refractivity contribution in [3.8, 4) is 0 Å². The van der Waals surface area contributed by atoms with Crippen LogP contribution in [0.5, 0.6) is 0 Å². The Morgan fingerprint density at radius 1 is 1.22 bits per heavy atom. The lowest BCUT2D eigenvalue weighted by Crippen LogP contribution is -2.19. The van der Waals surface area contributed by atoms with Gasteiger partial charge in [0.25, 0.3) is 0 Å². The van der Waals surface area contributed by atoms with Gasteiger partial charge in [-0.2, -0.15) is 13.2 Å². The minimum absolute atomic E-state index is 0.0960. The summed E-state index contributed by atoms with van der Waals surface area (Å²) in [4.78, 5) is 0.209. The van der Waals surface area contributed by atoms with Crippen molar-refractivity contribution in [2.75, 3.05) is 19.8 Å². The molecule has 0 atom stereocenters. The summed E-state index contributed by atoms with van der Waals surface area (Å²) < 4.78 is 41.5. The van der Waals surface area contributed by atoms with Gasteiger partial charge in [0.05, 0.1) is 6.61 Å². The number of rotatable bonds is 7. The highest BCUT2D eigenvalue weighted by Gasteiger charge is 2.28. The number of thioether (sulfide) groups is 1. The third kappa shape index (κ3) is 6.88. The van der Waals surface area contributed by atoms with Gasteiger partial charge in [-0.15, -0.1) is 0 Å². The highest BCUT2D eigenvalue weighted by molar-refractivity contribution is 8.00. The van der Waals surface area contributed by atoms with E-state index in [1.807, 2.05) is 6.92 Å². The minimum Gasteiger partial charge on any atom is -0.380 e. The molecule has 0 saturated heterocycles. The number of hydrogen-bond donors (Lipinski definition) is 1. The zero-order chi connectivity index (χ0) is 13.4. The summed E-state index contributed by atoms with van der Waals surface area (Å²) in [5.41, 5.74) is -3.27. The summed E-state index contributed by atoms with van der Waals surface area (Å²) in [6.07, 6.45) is 0. The second kappa shape index (κ2) is 7.66. The molecule has 0 heterocycles. The lowest BCUT2D eigenvalue weighted by molar-refractivity contribution is -0.0328. The summed E-state index contributed by atoms with van der Waals surface area (Å²) in [6, 6.07) is 6.36. The molecule has 0 fully saturated rings. The van der Waals surface area contributed by atoms with E-state index >= 15 is 0 Å². The van der Waals surface area contributed by atoms with E-state index in [4.69, 9.17) is 4.74 Å². The van der Waals surface area contributed by atoms with E-state index in [0.717, 1.165) is 12.1 Å². The first-order valence-electron chi connectivity index (χ1n) is 5.64. The SMILES string of the molecule is CCOCCNCc1ccc(SC(F)(F)F)cc1. The van der Waals surface area contributed by atoms with E-state index in [1.54, 1.807) is 12.1 Å². The summed E-state index contributed by atoms with van der Waals surface area (Å²) in [6.45, 7) is 4.61. The van der Waals surface area contributed by atoms with Crippen LogP contribution in [0.2, 0.25) is 0 Å². The maximum absolute atomic E-state index is 12.1. The van der Waals surface area contributed by atoms with E-state index in [0.29, 0.717) is 19.8 Å². The van der Waals surface area contributed by atoms with Gasteiger partial charge >= 0.3 is 5.51 Å². The minimum atomic E-state index is -4.22. The van der Waals surface area contributed by atoms with Crippen LogP contribution in [0.1, 0.15) is 12.5 Å². The predicted molar refractivity (Wildman–Crippen MR) is 66.6 cm³/mol. The highest BCUT2D eigenvalue weighted by Crippen LogP contribution is 2.36. The normalized spacial score (nSPS) is 11.8. The molecule has 0 aliphatic heterocycles. The maximum Gasteiger partial charge on any atom is 0.446 e. The second-order valence-corrected chi connectivity index (χ2v) is 4.70. The number of nitrogens with one attached hydrogen (secondary N) is 1. The standard InChI is InChI=1S/C12H16F3NOS/c1-2-17-8-7-16-9-10-3-5-11(6-4-10)18-12(13,14)15/h3-6,16H,2,7-9H2,1H3. The van der Waals surface area contributed by atoms with Crippen LogP contribution in [0.4, 0.5) is 13.2 Å². The van der Waals surface area contributed by atoms with Gasteiger partial charge in [0, 0.05) is 24.6 Å². The van der Waals surface area contributed by atoms with Gasteiger partial charge in [-0.05, 0) is 36.4 Å². The molecule has 1 aromatic carbocycles. The van der Waals surface area contributed by atoms with Crippen LogP contribution < -0.4 is 5.32 Å². The van der Waals surface area contributed by atoms with Gasteiger partial charge in [-0.3, -0.25) is 0 Å². The van der Waals surface area contributed by atoms with Gasteiger partial charge in [-0.1, -0.05) is 12.1 Å². The zero-order valence-electron chi connectivity index (χ0n) is 10.1. The van der Waals surface area contributed by atoms with Crippen LogP contribution in [-0.4, -0.2) is 25.3 Å². The van der Waals surface area contributed by atoms with Crippen molar-refractivity contribution in [1.29, 1.82) is 0 Å². The van der Waals surface area contributed by atoms with Crippen molar-refractivity contribution in [3.63, 3.8) is 0 Å². The lowest BCUT2D eigenvalue weighted by atomic mass is 10.2. The number of alkyl halides is 3. The molecule has 6 heteroatoms. The van der Waals surface area contributed by atoms with E-state index in [9.17, 15) is 13.2 Å². The van der Waals surface area contributed by atoms with Crippen LogP contribution in [0.3, 0.4) is 0 Å². The molecule has 1 aromatic rings. The maximum atomic E-state index is 12.1. The van der Waals surface area contributed by atoms with E-state index in [-0.39, 0.29) is 16.7 Å². The number of halogens is 3. The molecule has 0 aliphatic carbocycles. The first-order valence-corrected chi connectivity index (χ1v) is 6.46. The van der Waals surface area contributed by atoms with Crippen molar-refractivity contribution < 1.29 is 17.9 Å². The van der Waals surface area contributed by atoms with Gasteiger partial charge in [0.15, 0.2) is 0 Å². The van der Waals surface area contributed by atoms with Crippen LogP contribution in [0.25, 0.3) is 0 Å². The predicted octanol–water partition coefficient (Wildman–Crippen LogP) is 3.42. The molecule has 0 unspecified atom stereocenters. The van der Waals surface area contributed by atoms with Crippen LogP contribution >= 0.6 is 11.8 Å². The van der Waals surface area contributed by atoms with Gasteiger partial charge in [0.1, 0.15) is 0 Å². The van der Waals surface area contributed by atoms with Crippen molar-refractivity contribution in [1.82, 2.24) is 5.32 Å². The molecule has 102 valence electrons. The van der Waals surface area contributed by atoms with E-state index in [2.05, 4.69) is 5.32 Å². The number of ether oxygens (including phenoxy) is 1. The van der Waals surface area contributed by atoms with Crippen LogP contribution in [0, 0.1) is 0 Å². The molecule has 0 aliphatic rings. The van der Waals surface area contributed by atoms with Crippen molar-refractivity contribution in [2.45, 2.75) is 23.9 Å². The topological polar surface area (TPSA) is 21.3 Å². The molecule has 18 heavy (non-hydrogen) atoms. The Bertz CT molecular complexity index is 340. The quantitative estimate of drug-likeness (QED) is 0.610. The average molecular weight is 279 g/mol. The summed E-state index contributed by atoms with van der Waals surface area (Å²) >= 11 is -0.0960. The summed E-state index contributed by atoms with van der Waals surface area (Å²) in [7, 11) is 0. The molecule has 2 nitrogen and oxygen atoms in total. The van der Waals surface area contributed by atoms with E-state index in [1.165, 1.54) is 12.1 Å². The molecule has 0 aromatic heterocycles. The molecule has 1 N–H and O–H groups in total. The third-order valence-electron chi connectivity index (χ3n) is 2.11. The smallest absolute Gasteiger partial charge is 0.380 e. The monoisotopic (exact) mass is 279 g/mol. The molecular formula is C12H16F3NOS. The molecule has 0 bridgehead atoms. The molecule has 0 radical (unpaired) electrons. The van der Waals surface area contributed by atoms with Crippen molar-refractivity contribution in [2.24, 2.45) is 0 Å². The Morgan fingerprint density at radius 3 is 2.44 bits per heavy atom. The Morgan fingerprint density at radius 2 is 1.89 bits per heavy atom. The molecule has 0 spiro atoms. The Labute approximate surface area is 109 Å². The number of benzene rings is 1. The van der Waals surface area contributed by atoms with Crippen molar-refractivity contribution in [3.05, 3.63) is 29.8 Å². The lowest BCUT2D eigenvalue weighted by Gasteiger charge is -2.07. The van der Waals surface area contributed by atoms with E-state index < -0.39 is 5.51 Å². The number of hydrogen-bond acceptors (Lipinski definition) is 3. The average Bonchev–Trinajstić information content (AvgIpc) is 2.29. The Balaban J connectivity index is 2.32. The Kier molecular flexibility index (Phi) is 6.52. The Hall–Kier alpha value is -0.720. The van der Waals surface area contributed by atoms with Gasteiger partial charge in [-0.25, -0.2) is 0 Å². The first-order chi connectivity index (χ1) is 8.51. The molecule has 1 rings (SSSR count). The molecular weight excluding hydrogens is 263 g/mol. The van der Waals surface area contributed by atoms with Crippen LogP contribution in [0.15, 0.2) is 29.2 Å². The largest absolute Gasteiger partial charge is 0.446 e. The summed E-state index contributed by atoms with van der Waals surface area (Å²) in [5.74, 6) is 0. The fourth-order valence-corrected chi connectivity index (χ4v) is 1.87. The van der Waals surface area contributed by atoms with Crippen molar-refractivity contribution >= 4 is 11.8 Å². The highest BCUT2D eigenvalue weighted by atomic mass is 32.2. The zero-order valence-corrected chi connectivity index (χ0v) is 10.9. The fourth-order valence-electron chi connectivity index (χ4n) is 1.33. The van der Waals surface area contributed by atoms with Gasteiger partial charge < -0.3 is 10.1 Å². The first kappa shape index (κ1) is 15.3. The van der Waals surface area contributed by atoms with Crippen LogP contribution in [-0.2, 0) is 11.3 Å². The van der Waals surface area contributed by atoms with Gasteiger partial charge in [0.2, 0.25) is 0 Å². The molecule has 0 amide bonds. The second-order valence-electron chi connectivity index (χ2n) is 3.57. The third-order valence-corrected chi connectivity index (χ3v) is 2.85. The summed E-state index contributed by atoms with van der Waals surface area (Å²) in [5, 5.41) is 3.15. The fraction of sp³-hybridized carbons (Fsp3) is 0.500. The molecule has 0 saturated carbocycles.